The molecular weight excluding hydrogens is 412 g/mol. The summed E-state index contributed by atoms with van der Waals surface area (Å²) in [5.41, 5.74) is 1.71. The second kappa shape index (κ2) is 9.13. The smallest absolute Gasteiger partial charge is 0.320 e. The van der Waals surface area contributed by atoms with Crippen molar-refractivity contribution in [2.24, 2.45) is 18.9 Å². The fourth-order valence-corrected chi connectivity index (χ4v) is 4.19. The van der Waals surface area contributed by atoms with E-state index >= 15 is 0 Å². The Bertz CT molecular complexity index is 1000. The molecule has 0 saturated heterocycles. The minimum Gasteiger partial charge on any atom is -0.489 e. The van der Waals surface area contributed by atoms with Gasteiger partial charge in [0.05, 0.1) is 23.4 Å². The lowest BCUT2D eigenvalue weighted by molar-refractivity contribution is -0.143. The lowest BCUT2D eigenvalue weighted by Crippen LogP contribution is -2.37. The summed E-state index contributed by atoms with van der Waals surface area (Å²) >= 11 is 0. The Morgan fingerprint density at radius 1 is 1.25 bits per heavy atom. The molecule has 10 heteroatoms. The van der Waals surface area contributed by atoms with Gasteiger partial charge in [0.25, 0.3) is 0 Å². The van der Waals surface area contributed by atoms with Crippen molar-refractivity contribution < 1.29 is 19.4 Å². The van der Waals surface area contributed by atoms with Crippen LogP contribution in [0.2, 0.25) is 0 Å². The van der Waals surface area contributed by atoms with Crippen molar-refractivity contribution in [3.63, 3.8) is 0 Å². The minimum absolute atomic E-state index is 0.122. The summed E-state index contributed by atoms with van der Waals surface area (Å²) in [7, 11) is 1.71. The number of carboxylic acids is 1. The second-order valence-electron chi connectivity index (χ2n) is 8.86. The molecule has 0 unspecified atom stereocenters. The van der Waals surface area contributed by atoms with E-state index in [1.807, 2.05) is 19.9 Å². The number of aliphatic carboxylic acids is 1. The number of ether oxygens (including phenoxy) is 1. The van der Waals surface area contributed by atoms with Gasteiger partial charge in [-0.1, -0.05) is 5.21 Å². The number of nitrogens with one attached hydrogen (secondary N) is 2. The van der Waals surface area contributed by atoms with Crippen LogP contribution >= 0.6 is 0 Å². The van der Waals surface area contributed by atoms with Crippen molar-refractivity contribution in [3.8, 4) is 17.1 Å². The summed E-state index contributed by atoms with van der Waals surface area (Å²) in [6, 6.07) is 3.42. The Hall–Kier alpha value is -3.17. The average Bonchev–Trinajstić information content (AvgIpc) is 3.55. The van der Waals surface area contributed by atoms with Gasteiger partial charge in [-0.2, -0.15) is 0 Å². The van der Waals surface area contributed by atoms with E-state index in [0.29, 0.717) is 47.4 Å². The zero-order chi connectivity index (χ0) is 22.8. The molecule has 172 valence electrons. The summed E-state index contributed by atoms with van der Waals surface area (Å²) < 4.78 is 7.59. The molecule has 32 heavy (non-hydrogen) atoms. The van der Waals surface area contributed by atoms with E-state index in [-0.39, 0.29) is 24.1 Å². The standard InChI is InChI=1S/C22H30N6O4/c1-12(14-7-8-14)24-22(31)25-20-19(26-27-28(20)3)17-9-10-18(13(2)23-17)32-16-6-4-5-15(11-16)21(29)30/h9-10,12,14-16H,4-8,11H2,1-3H3,(H,29,30)(H2,24,25,31)/t12-,15+,16+/m1/s1. The van der Waals surface area contributed by atoms with Crippen molar-refractivity contribution in [3.05, 3.63) is 17.8 Å². The SMILES string of the molecule is Cc1nc(-c2nnn(C)c2NC(=O)N[C@H](C)C2CC2)ccc1O[C@H]1CCC[C@H](C(=O)O)C1. The normalized spacial score (nSPS) is 21.6. The predicted molar refractivity (Wildman–Crippen MR) is 117 cm³/mol. The van der Waals surface area contributed by atoms with Crippen LogP contribution < -0.4 is 15.4 Å². The third kappa shape index (κ3) is 5.00. The lowest BCUT2D eigenvalue weighted by atomic mass is 9.87. The highest BCUT2D eigenvalue weighted by atomic mass is 16.5. The van der Waals surface area contributed by atoms with Gasteiger partial charge >= 0.3 is 12.0 Å². The van der Waals surface area contributed by atoms with Crippen molar-refractivity contribution >= 4 is 17.8 Å². The van der Waals surface area contributed by atoms with E-state index in [0.717, 1.165) is 25.7 Å². The Balaban J connectivity index is 1.46. The van der Waals surface area contributed by atoms with Gasteiger partial charge in [-0.25, -0.2) is 14.5 Å². The molecule has 2 aromatic heterocycles. The first-order chi connectivity index (χ1) is 15.3. The maximum Gasteiger partial charge on any atom is 0.320 e. The van der Waals surface area contributed by atoms with Crippen LogP contribution in [-0.2, 0) is 11.8 Å². The first-order valence-electron chi connectivity index (χ1n) is 11.2. The monoisotopic (exact) mass is 442 g/mol. The van der Waals surface area contributed by atoms with Gasteiger partial charge in [0.15, 0.2) is 11.5 Å². The summed E-state index contributed by atoms with van der Waals surface area (Å²) in [6.45, 7) is 3.85. The number of anilines is 1. The summed E-state index contributed by atoms with van der Waals surface area (Å²) in [5, 5.41) is 23.3. The highest BCUT2D eigenvalue weighted by Crippen LogP contribution is 2.33. The van der Waals surface area contributed by atoms with E-state index in [1.54, 1.807) is 13.1 Å². The van der Waals surface area contributed by atoms with Crippen LogP contribution in [0.15, 0.2) is 12.1 Å². The summed E-state index contributed by atoms with van der Waals surface area (Å²) in [6.07, 6.45) is 5.02. The van der Waals surface area contributed by atoms with Gasteiger partial charge in [0.1, 0.15) is 5.75 Å². The molecule has 0 bridgehead atoms. The number of urea groups is 1. The van der Waals surface area contributed by atoms with Gasteiger partial charge in [-0.05, 0) is 70.4 Å². The number of pyridine rings is 1. The van der Waals surface area contributed by atoms with Crippen LogP contribution in [0.5, 0.6) is 5.75 Å². The van der Waals surface area contributed by atoms with E-state index in [2.05, 4.69) is 25.9 Å². The number of amides is 2. The number of nitrogens with zero attached hydrogens (tertiary/aromatic N) is 4. The van der Waals surface area contributed by atoms with Crippen LogP contribution in [0.25, 0.3) is 11.4 Å². The zero-order valence-corrected chi connectivity index (χ0v) is 18.7. The van der Waals surface area contributed by atoms with Gasteiger partial charge in [-0.15, -0.1) is 5.10 Å². The Morgan fingerprint density at radius 2 is 2.03 bits per heavy atom. The molecule has 2 heterocycles. The maximum absolute atomic E-state index is 12.4. The number of aryl methyl sites for hydroxylation is 2. The van der Waals surface area contributed by atoms with Gasteiger partial charge < -0.3 is 15.2 Å². The van der Waals surface area contributed by atoms with E-state index < -0.39 is 5.97 Å². The van der Waals surface area contributed by atoms with Crippen LogP contribution in [0.1, 0.15) is 51.1 Å². The molecule has 2 amide bonds. The average molecular weight is 443 g/mol. The number of aromatic nitrogens is 4. The predicted octanol–water partition coefficient (Wildman–Crippen LogP) is 3.13. The molecule has 3 N–H and O–H groups in total. The van der Waals surface area contributed by atoms with Crippen molar-refractivity contribution in [2.75, 3.05) is 5.32 Å². The zero-order valence-electron chi connectivity index (χ0n) is 18.7. The van der Waals surface area contributed by atoms with Gasteiger partial charge in [0.2, 0.25) is 0 Å². The molecule has 2 fully saturated rings. The molecule has 10 nitrogen and oxygen atoms in total. The molecule has 2 aliphatic rings. The van der Waals surface area contributed by atoms with E-state index in [4.69, 9.17) is 4.74 Å². The van der Waals surface area contributed by atoms with Crippen molar-refractivity contribution in [1.29, 1.82) is 0 Å². The fourth-order valence-electron chi connectivity index (χ4n) is 4.19. The number of rotatable bonds is 7. The maximum atomic E-state index is 12.4. The second-order valence-corrected chi connectivity index (χ2v) is 8.86. The first kappa shape index (κ1) is 22.0. The Kier molecular flexibility index (Phi) is 6.29. The molecule has 2 aliphatic carbocycles. The number of carbonyl (C=O) groups is 2. The number of hydrogen-bond acceptors (Lipinski definition) is 6. The molecule has 2 aromatic rings. The summed E-state index contributed by atoms with van der Waals surface area (Å²) in [5.74, 6) is 0.517. The minimum atomic E-state index is -0.762. The van der Waals surface area contributed by atoms with E-state index in [1.165, 1.54) is 4.68 Å². The fraction of sp³-hybridized carbons (Fsp3) is 0.591. The Morgan fingerprint density at radius 3 is 2.72 bits per heavy atom. The molecule has 0 spiro atoms. The van der Waals surface area contributed by atoms with Crippen molar-refractivity contribution in [2.45, 2.75) is 64.5 Å². The third-order valence-corrected chi connectivity index (χ3v) is 6.30. The number of carbonyl (C=O) groups excluding carboxylic acids is 1. The summed E-state index contributed by atoms with van der Waals surface area (Å²) in [4.78, 5) is 28.4. The highest BCUT2D eigenvalue weighted by molar-refractivity contribution is 5.92. The number of hydrogen-bond donors (Lipinski definition) is 3. The van der Waals surface area contributed by atoms with Crippen LogP contribution in [-0.4, -0.2) is 49.2 Å². The molecule has 2 saturated carbocycles. The molecule has 0 aliphatic heterocycles. The molecule has 0 aromatic carbocycles. The van der Waals surface area contributed by atoms with Crippen LogP contribution in [0.3, 0.4) is 0 Å². The van der Waals surface area contributed by atoms with Crippen molar-refractivity contribution in [1.82, 2.24) is 25.3 Å². The lowest BCUT2D eigenvalue weighted by Gasteiger charge is -2.27. The molecular formula is C22H30N6O4. The third-order valence-electron chi connectivity index (χ3n) is 6.30. The Labute approximate surface area is 186 Å². The van der Waals surface area contributed by atoms with Crippen LogP contribution in [0.4, 0.5) is 10.6 Å². The molecule has 0 radical (unpaired) electrons. The topological polar surface area (TPSA) is 131 Å². The molecule has 3 atom stereocenters. The van der Waals surface area contributed by atoms with Gasteiger partial charge in [-0.3, -0.25) is 10.1 Å². The quantitative estimate of drug-likeness (QED) is 0.600. The van der Waals surface area contributed by atoms with E-state index in [9.17, 15) is 14.7 Å². The molecule has 4 rings (SSSR count). The largest absolute Gasteiger partial charge is 0.489 e. The number of carboxylic acid groups (broad SMARTS) is 1. The highest BCUT2D eigenvalue weighted by Gasteiger charge is 2.30. The van der Waals surface area contributed by atoms with Crippen LogP contribution in [0, 0.1) is 18.8 Å². The first-order valence-corrected chi connectivity index (χ1v) is 11.2. The van der Waals surface area contributed by atoms with Gasteiger partial charge in [0, 0.05) is 13.1 Å².